The molecular formula is C36H36N2O5S. The molecule has 0 bridgehead atoms. The van der Waals surface area contributed by atoms with Crippen molar-refractivity contribution in [2.45, 2.75) is 39.7 Å². The molecule has 0 saturated carbocycles. The minimum Gasteiger partial charge on any atom is -0.490 e. The first-order valence-electron chi connectivity index (χ1n) is 14.7. The highest BCUT2D eigenvalue weighted by Gasteiger charge is 2.35. The van der Waals surface area contributed by atoms with Crippen molar-refractivity contribution in [1.82, 2.24) is 4.57 Å². The summed E-state index contributed by atoms with van der Waals surface area (Å²) in [4.78, 5) is 33.3. The van der Waals surface area contributed by atoms with Gasteiger partial charge in [-0.3, -0.25) is 9.36 Å². The zero-order chi connectivity index (χ0) is 31.2. The number of carbonyl (C=O) groups excluding carboxylic acids is 1. The van der Waals surface area contributed by atoms with Crippen LogP contribution in [0.1, 0.15) is 61.9 Å². The van der Waals surface area contributed by atoms with Crippen molar-refractivity contribution in [2.24, 2.45) is 4.99 Å². The number of fused-ring (bicyclic) bond motifs is 1. The normalized spacial score (nSPS) is 14.7. The molecule has 5 rings (SSSR count). The number of hydrogen-bond donors (Lipinski definition) is 0. The van der Waals surface area contributed by atoms with Crippen LogP contribution in [0.25, 0.3) is 11.8 Å². The van der Waals surface area contributed by atoms with Crippen LogP contribution in [0.3, 0.4) is 0 Å². The molecule has 1 aromatic heterocycles. The third-order valence-corrected chi connectivity index (χ3v) is 8.20. The van der Waals surface area contributed by atoms with E-state index in [1.165, 1.54) is 11.3 Å². The molecule has 0 saturated heterocycles. The van der Waals surface area contributed by atoms with E-state index in [0.717, 1.165) is 22.3 Å². The Hall–Kier alpha value is -4.69. The summed E-state index contributed by atoms with van der Waals surface area (Å²) >= 11 is 1.28. The molecule has 1 aliphatic heterocycles. The molecule has 0 radical (unpaired) electrons. The Kier molecular flexibility index (Phi) is 9.60. The van der Waals surface area contributed by atoms with Gasteiger partial charge in [0.05, 0.1) is 35.1 Å². The summed E-state index contributed by atoms with van der Waals surface area (Å²) in [5.74, 6) is 1.01. The van der Waals surface area contributed by atoms with Gasteiger partial charge in [0.25, 0.3) is 5.56 Å². The van der Waals surface area contributed by atoms with Crippen LogP contribution < -0.4 is 24.4 Å². The summed E-state index contributed by atoms with van der Waals surface area (Å²) in [6.07, 6.45) is 3.49. The van der Waals surface area contributed by atoms with Crippen molar-refractivity contribution < 1.29 is 19.0 Å². The maximum atomic E-state index is 14.2. The van der Waals surface area contributed by atoms with Gasteiger partial charge in [-0.1, -0.05) is 98.5 Å². The highest BCUT2D eigenvalue weighted by molar-refractivity contribution is 7.07. The van der Waals surface area contributed by atoms with Gasteiger partial charge in [0.15, 0.2) is 16.3 Å². The van der Waals surface area contributed by atoms with Gasteiger partial charge in [-0.05, 0) is 54.7 Å². The summed E-state index contributed by atoms with van der Waals surface area (Å²) in [5.41, 5.74) is 4.09. The molecule has 2 heterocycles. The van der Waals surface area contributed by atoms with Crippen LogP contribution in [0, 0.1) is 0 Å². The number of esters is 1. The fourth-order valence-corrected chi connectivity index (χ4v) is 6.12. The first-order chi connectivity index (χ1) is 21.4. The maximum absolute atomic E-state index is 14.2. The molecule has 0 amide bonds. The lowest BCUT2D eigenvalue weighted by atomic mass is 9.91. The summed E-state index contributed by atoms with van der Waals surface area (Å²) in [6, 6.07) is 22.4. The molecule has 8 heteroatoms. The Balaban J connectivity index is 1.74. The van der Waals surface area contributed by atoms with E-state index >= 15 is 0 Å². The number of nitrogens with zero attached hydrogens (tertiary/aromatic N) is 2. The molecule has 0 aliphatic carbocycles. The monoisotopic (exact) mass is 608 g/mol. The molecule has 0 N–H and O–H groups in total. The van der Waals surface area contributed by atoms with Crippen LogP contribution in [0.5, 0.6) is 11.5 Å². The van der Waals surface area contributed by atoms with Crippen LogP contribution in [-0.4, -0.2) is 30.4 Å². The largest absolute Gasteiger partial charge is 0.490 e. The van der Waals surface area contributed by atoms with Crippen molar-refractivity contribution in [2.75, 3.05) is 19.8 Å². The van der Waals surface area contributed by atoms with E-state index < -0.39 is 12.0 Å². The number of rotatable bonds is 11. The highest BCUT2D eigenvalue weighted by Crippen LogP contribution is 2.36. The molecule has 4 aromatic rings. The van der Waals surface area contributed by atoms with E-state index in [0.29, 0.717) is 51.2 Å². The van der Waals surface area contributed by atoms with Crippen molar-refractivity contribution in [3.8, 4) is 11.5 Å². The second-order valence-electron chi connectivity index (χ2n) is 10.5. The SMILES string of the molecule is C=CCOc1ccc(/C=c2\sc3n(c2=O)[C@@H](c2ccc(C(C)C)cc2)C(C(=O)OCC)=C(c2ccccc2)N=3)cc1OCC. The number of thiazole rings is 1. The number of ether oxygens (including phenoxy) is 3. The van der Waals surface area contributed by atoms with Crippen LogP contribution in [-0.2, 0) is 9.53 Å². The third-order valence-electron chi connectivity index (χ3n) is 7.21. The van der Waals surface area contributed by atoms with Crippen molar-refractivity contribution in [3.63, 3.8) is 0 Å². The topological polar surface area (TPSA) is 79.1 Å². The fraction of sp³-hybridized carbons (Fsp3) is 0.250. The molecule has 3 aromatic carbocycles. The standard InChI is InChI=1S/C36H36N2O5S/c1-6-20-43-28-19-14-24(21-29(28)41-7-2)22-30-34(39)38-33(27-17-15-25(16-18-27)23(4)5)31(35(40)42-8-3)32(37-36(38)44-30)26-12-10-9-11-13-26/h6,9-19,21-23,33H,1,7-8,20H2,2-5H3/b30-22-/t33-/m0/s1. The lowest BCUT2D eigenvalue weighted by Crippen LogP contribution is -2.40. The molecule has 1 aliphatic rings. The van der Waals surface area contributed by atoms with Crippen molar-refractivity contribution in [3.05, 3.63) is 133 Å². The summed E-state index contributed by atoms with van der Waals surface area (Å²) in [6.45, 7) is 12.7. The van der Waals surface area contributed by atoms with Crippen molar-refractivity contribution >= 4 is 29.1 Å². The van der Waals surface area contributed by atoms with Gasteiger partial charge in [-0.2, -0.15) is 0 Å². The Morgan fingerprint density at radius 1 is 1.00 bits per heavy atom. The predicted octanol–water partition coefficient (Wildman–Crippen LogP) is 6.02. The minimum absolute atomic E-state index is 0.197. The van der Waals surface area contributed by atoms with Crippen molar-refractivity contribution in [1.29, 1.82) is 0 Å². The van der Waals surface area contributed by atoms with Gasteiger partial charge >= 0.3 is 5.97 Å². The van der Waals surface area contributed by atoms with E-state index in [9.17, 15) is 9.59 Å². The summed E-state index contributed by atoms with van der Waals surface area (Å²) in [5, 5.41) is 0. The zero-order valence-corrected chi connectivity index (χ0v) is 26.2. The molecular weight excluding hydrogens is 572 g/mol. The second-order valence-corrected chi connectivity index (χ2v) is 11.5. The maximum Gasteiger partial charge on any atom is 0.338 e. The molecule has 1 atom stereocenters. The quantitative estimate of drug-likeness (QED) is 0.154. The smallest absolute Gasteiger partial charge is 0.338 e. The molecule has 0 fully saturated rings. The number of carbonyl (C=O) groups is 1. The second kappa shape index (κ2) is 13.7. The molecule has 0 unspecified atom stereocenters. The van der Waals surface area contributed by atoms with Gasteiger partial charge < -0.3 is 14.2 Å². The average Bonchev–Trinajstić information content (AvgIpc) is 3.34. The lowest BCUT2D eigenvalue weighted by molar-refractivity contribution is -0.138. The first-order valence-corrected chi connectivity index (χ1v) is 15.6. The van der Waals surface area contributed by atoms with Crippen LogP contribution in [0.15, 0.2) is 101 Å². The van der Waals surface area contributed by atoms with Crippen LogP contribution in [0.2, 0.25) is 0 Å². The molecule has 226 valence electrons. The van der Waals surface area contributed by atoms with Gasteiger partial charge in [0, 0.05) is 5.56 Å². The van der Waals surface area contributed by atoms with Gasteiger partial charge in [-0.15, -0.1) is 0 Å². The summed E-state index contributed by atoms with van der Waals surface area (Å²) < 4.78 is 19.2. The Morgan fingerprint density at radius 2 is 1.75 bits per heavy atom. The fourth-order valence-electron chi connectivity index (χ4n) is 5.12. The molecule has 7 nitrogen and oxygen atoms in total. The number of benzene rings is 3. The Labute approximate surface area is 261 Å². The first kappa shape index (κ1) is 30.8. The minimum atomic E-state index is -0.725. The van der Waals surface area contributed by atoms with Crippen LogP contribution >= 0.6 is 11.3 Å². The Morgan fingerprint density at radius 3 is 2.41 bits per heavy atom. The van der Waals surface area contributed by atoms with Gasteiger partial charge in [0.2, 0.25) is 0 Å². The van der Waals surface area contributed by atoms with Crippen LogP contribution in [0.4, 0.5) is 0 Å². The molecule has 0 spiro atoms. The van der Waals surface area contributed by atoms with E-state index in [4.69, 9.17) is 19.2 Å². The van der Waals surface area contributed by atoms with E-state index in [2.05, 4.69) is 20.4 Å². The van der Waals surface area contributed by atoms with E-state index in [1.807, 2.05) is 85.8 Å². The summed E-state index contributed by atoms with van der Waals surface area (Å²) in [7, 11) is 0. The third kappa shape index (κ3) is 6.31. The highest BCUT2D eigenvalue weighted by atomic mass is 32.1. The predicted molar refractivity (Wildman–Crippen MR) is 175 cm³/mol. The zero-order valence-electron chi connectivity index (χ0n) is 25.4. The number of hydrogen-bond acceptors (Lipinski definition) is 7. The van der Waals surface area contributed by atoms with Gasteiger partial charge in [-0.25, -0.2) is 9.79 Å². The van der Waals surface area contributed by atoms with E-state index in [-0.39, 0.29) is 12.2 Å². The lowest BCUT2D eigenvalue weighted by Gasteiger charge is -2.26. The molecule has 44 heavy (non-hydrogen) atoms. The Bertz CT molecular complexity index is 1870. The number of aromatic nitrogens is 1. The average molecular weight is 609 g/mol. The van der Waals surface area contributed by atoms with Gasteiger partial charge in [0.1, 0.15) is 6.61 Å². The van der Waals surface area contributed by atoms with E-state index in [1.54, 1.807) is 17.6 Å².